The van der Waals surface area contributed by atoms with Crippen molar-refractivity contribution in [2.75, 3.05) is 32.1 Å². The Labute approximate surface area is 216 Å². The van der Waals surface area contributed by atoms with Gasteiger partial charge in [0.2, 0.25) is 0 Å². The van der Waals surface area contributed by atoms with E-state index >= 15 is 0 Å². The number of nitrogens with zero attached hydrogens (tertiary/aromatic N) is 2. The van der Waals surface area contributed by atoms with Gasteiger partial charge in [0.1, 0.15) is 11.8 Å². The fourth-order valence-corrected chi connectivity index (χ4v) is 4.45. The maximum absolute atomic E-state index is 6.49. The Kier molecular flexibility index (Phi) is 9.77. The van der Waals surface area contributed by atoms with E-state index in [-0.39, 0.29) is 6.04 Å². The van der Waals surface area contributed by atoms with Crippen LogP contribution in [-0.4, -0.2) is 43.6 Å². The van der Waals surface area contributed by atoms with Crippen molar-refractivity contribution >= 4 is 17.2 Å². The molecule has 1 aliphatic carbocycles. The molecule has 2 aromatic carbocycles. The Morgan fingerprint density at radius 3 is 2.39 bits per heavy atom. The molecular weight excluding hydrogens is 446 g/mol. The van der Waals surface area contributed by atoms with Crippen LogP contribution >= 0.6 is 0 Å². The van der Waals surface area contributed by atoms with E-state index in [0.717, 1.165) is 42.1 Å². The number of rotatable bonds is 10. The molecule has 0 fully saturated rings. The topological polar surface area (TPSA) is 88.9 Å². The van der Waals surface area contributed by atoms with Gasteiger partial charge in [0.05, 0.1) is 6.61 Å². The van der Waals surface area contributed by atoms with E-state index in [0.29, 0.717) is 18.3 Å². The summed E-state index contributed by atoms with van der Waals surface area (Å²) in [5, 5.41) is 3.17. The van der Waals surface area contributed by atoms with Gasteiger partial charge in [-0.3, -0.25) is 0 Å². The third-order valence-corrected chi connectivity index (χ3v) is 6.20. The minimum absolute atomic E-state index is 0.309. The number of guanidine groups is 1. The number of nitrogens with two attached hydrogens (primary N) is 2. The molecule has 1 atom stereocenters. The van der Waals surface area contributed by atoms with Crippen molar-refractivity contribution < 1.29 is 4.74 Å². The summed E-state index contributed by atoms with van der Waals surface area (Å²) < 4.78 is 5.87. The first-order valence-electron chi connectivity index (χ1n) is 12.7. The van der Waals surface area contributed by atoms with Crippen molar-refractivity contribution in [3.05, 3.63) is 88.7 Å². The van der Waals surface area contributed by atoms with Gasteiger partial charge in [0, 0.05) is 17.9 Å². The van der Waals surface area contributed by atoms with Gasteiger partial charge in [-0.1, -0.05) is 42.8 Å². The second-order valence-electron chi connectivity index (χ2n) is 9.54. The summed E-state index contributed by atoms with van der Waals surface area (Å²) in [6, 6.07) is 13.7. The van der Waals surface area contributed by atoms with Gasteiger partial charge in [-0.25, -0.2) is 4.99 Å². The standard InChI is InChI=1S/C30H41N5O/c1-6-15-35(5)16-8-17-36-26-13-11-25(12-14-26)33-30(32)34-28-19-21(2)18-24(20-27(28)31)29-22(3)9-7-10-23(29)4/h7,9-14,18-20,28H,6,8,15-17,31H2,1-5H3,(H3,32,33,34). The normalized spacial score (nSPS) is 16.2. The third kappa shape index (κ3) is 7.75. The van der Waals surface area contributed by atoms with E-state index in [1.165, 1.54) is 23.1 Å². The molecule has 0 saturated heterocycles. The van der Waals surface area contributed by atoms with Crippen molar-refractivity contribution in [2.24, 2.45) is 16.5 Å². The molecule has 5 N–H and O–H groups in total. The highest BCUT2D eigenvalue weighted by Crippen LogP contribution is 2.29. The Balaban J connectivity index is 1.62. The summed E-state index contributed by atoms with van der Waals surface area (Å²) in [7, 11) is 2.14. The van der Waals surface area contributed by atoms with Crippen LogP contribution in [0.4, 0.5) is 5.69 Å². The van der Waals surface area contributed by atoms with E-state index in [4.69, 9.17) is 16.2 Å². The van der Waals surface area contributed by atoms with Crippen molar-refractivity contribution in [1.82, 2.24) is 4.90 Å². The number of aryl methyl sites for hydroxylation is 2. The molecule has 0 amide bonds. The first-order valence-corrected chi connectivity index (χ1v) is 12.7. The Bertz CT molecular complexity index is 1120. The molecule has 36 heavy (non-hydrogen) atoms. The maximum atomic E-state index is 6.49. The zero-order valence-corrected chi connectivity index (χ0v) is 22.3. The third-order valence-electron chi connectivity index (χ3n) is 6.20. The first kappa shape index (κ1) is 27.1. The predicted molar refractivity (Wildman–Crippen MR) is 153 cm³/mol. The number of nitrogens with one attached hydrogen (secondary N) is 1. The number of hydrogen-bond acceptors (Lipinski definition) is 4. The highest BCUT2D eigenvalue weighted by Gasteiger charge is 2.15. The lowest BCUT2D eigenvalue weighted by molar-refractivity contribution is 0.263. The second kappa shape index (κ2) is 13.0. The summed E-state index contributed by atoms with van der Waals surface area (Å²) >= 11 is 0. The van der Waals surface area contributed by atoms with Gasteiger partial charge in [-0.15, -0.1) is 0 Å². The first-order chi connectivity index (χ1) is 17.3. The maximum Gasteiger partial charge on any atom is 0.194 e. The van der Waals surface area contributed by atoms with Crippen molar-refractivity contribution in [2.45, 2.75) is 46.6 Å². The van der Waals surface area contributed by atoms with Crippen molar-refractivity contribution in [1.29, 1.82) is 0 Å². The highest BCUT2D eigenvalue weighted by molar-refractivity contribution is 5.92. The lowest BCUT2D eigenvalue weighted by Gasteiger charge is -2.15. The molecule has 0 radical (unpaired) electrons. The monoisotopic (exact) mass is 487 g/mol. The van der Waals surface area contributed by atoms with E-state index < -0.39 is 0 Å². The number of allylic oxidation sites excluding steroid dienone is 4. The van der Waals surface area contributed by atoms with Gasteiger partial charge in [-0.2, -0.15) is 0 Å². The zero-order valence-electron chi connectivity index (χ0n) is 22.3. The van der Waals surface area contributed by atoms with Crippen LogP contribution in [-0.2, 0) is 0 Å². The molecule has 0 spiro atoms. The Morgan fingerprint density at radius 1 is 1.03 bits per heavy atom. The van der Waals surface area contributed by atoms with E-state index in [9.17, 15) is 0 Å². The molecule has 2 aromatic rings. The SMILES string of the molecule is CCCN(C)CCCOc1ccc(NC(N)=NC2C=C(C)C=C(c3c(C)cccc3C)C=C2N)cc1. The second-order valence-corrected chi connectivity index (χ2v) is 9.54. The van der Waals surface area contributed by atoms with Crippen molar-refractivity contribution in [3.63, 3.8) is 0 Å². The van der Waals surface area contributed by atoms with Gasteiger partial charge in [-0.05, 0) is 99.8 Å². The molecule has 6 nitrogen and oxygen atoms in total. The van der Waals surface area contributed by atoms with Gasteiger partial charge >= 0.3 is 0 Å². The molecule has 0 aromatic heterocycles. The molecular formula is C30H41N5O. The van der Waals surface area contributed by atoms with Crippen LogP contribution < -0.4 is 21.5 Å². The molecule has 0 aliphatic heterocycles. The quantitative estimate of drug-likeness (QED) is 0.237. The Hall–Kier alpha value is -3.51. The van der Waals surface area contributed by atoms with Crippen LogP contribution in [0.3, 0.4) is 0 Å². The summed E-state index contributed by atoms with van der Waals surface area (Å²) in [4.78, 5) is 6.98. The minimum atomic E-state index is -0.343. The summed E-state index contributed by atoms with van der Waals surface area (Å²) in [6.07, 6.45) is 8.37. The molecule has 6 heteroatoms. The largest absolute Gasteiger partial charge is 0.494 e. The molecule has 0 bridgehead atoms. The molecule has 192 valence electrons. The van der Waals surface area contributed by atoms with Crippen LogP contribution in [0.2, 0.25) is 0 Å². The summed E-state index contributed by atoms with van der Waals surface area (Å²) in [5.74, 6) is 1.15. The van der Waals surface area contributed by atoms with Crippen LogP contribution in [0.1, 0.15) is 43.4 Å². The lowest BCUT2D eigenvalue weighted by atomic mass is 9.94. The fourth-order valence-electron chi connectivity index (χ4n) is 4.45. The van der Waals surface area contributed by atoms with Crippen LogP contribution in [0, 0.1) is 13.8 Å². The van der Waals surface area contributed by atoms with E-state index in [2.05, 4.69) is 74.2 Å². The molecule has 0 saturated carbocycles. The van der Waals surface area contributed by atoms with Crippen LogP contribution in [0.15, 0.2) is 77.0 Å². The van der Waals surface area contributed by atoms with Crippen LogP contribution in [0.5, 0.6) is 5.75 Å². The predicted octanol–water partition coefficient (Wildman–Crippen LogP) is 5.40. The van der Waals surface area contributed by atoms with Crippen molar-refractivity contribution in [3.8, 4) is 5.75 Å². The average Bonchev–Trinajstić information content (AvgIpc) is 2.95. The van der Waals surface area contributed by atoms with Gasteiger partial charge in [0.25, 0.3) is 0 Å². The number of ether oxygens (including phenoxy) is 1. The highest BCUT2D eigenvalue weighted by atomic mass is 16.5. The number of benzene rings is 2. The van der Waals surface area contributed by atoms with Crippen LogP contribution in [0.25, 0.3) is 5.57 Å². The lowest BCUT2D eigenvalue weighted by Crippen LogP contribution is -2.26. The summed E-state index contributed by atoms with van der Waals surface area (Å²) in [6.45, 7) is 11.4. The molecule has 1 aliphatic rings. The van der Waals surface area contributed by atoms with E-state index in [1.54, 1.807) is 0 Å². The number of hydrogen-bond donors (Lipinski definition) is 3. The molecule has 1 unspecified atom stereocenters. The molecule has 0 heterocycles. The number of anilines is 1. The van der Waals surface area contributed by atoms with Gasteiger partial charge in [0.15, 0.2) is 5.96 Å². The zero-order chi connectivity index (χ0) is 26.1. The van der Waals surface area contributed by atoms with E-state index in [1.807, 2.05) is 36.4 Å². The minimum Gasteiger partial charge on any atom is -0.494 e. The smallest absolute Gasteiger partial charge is 0.194 e. The summed E-state index contributed by atoms with van der Waals surface area (Å²) in [5.41, 5.74) is 20.1. The Morgan fingerprint density at radius 2 is 1.72 bits per heavy atom. The fraction of sp³-hybridized carbons (Fsp3) is 0.367. The molecule has 3 rings (SSSR count). The average molecular weight is 488 g/mol. The number of aliphatic imine (C=N–C) groups is 1. The van der Waals surface area contributed by atoms with Gasteiger partial charge < -0.3 is 26.4 Å².